The molecule has 3 aromatic rings. The number of aliphatic imine (C=N–C) groups is 1. The van der Waals surface area contributed by atoms with Gasteiger partial charge in [-0.15, -0.1) is 0 Å². The quantitative estimate of drug-likeness (QED) is 0.410. The maximum Gasteiger partial charge on any atom is 0.238 e. The Balaban J connectivity index is 1.53. The summed E-state index contributed by atoms with van der Waals surface area (Å²) in [5, 5.41) is 4.04. The topological polar surface area (TPSA) is 61.8 Å². The van der Waals surface area contributed by atoms with Gasteiger partial charge in [-0.3, -0.25) is 14.5 Å². The van der Waals surface area contributed by atoms with Crippen molar-refractivity contribution in [3.63, 3.8) is 0 Å². The zero-order valence-corrected chi connectivity index (χ0v) is 20.8. The minimum absolute atomic E-state index is 0.0878. The summed E-state index contributed by atoms with van der Waals surface area (Å²) in [4.78, 5) is 32.5. The second-order valence-corrected chi connectivity index (χ2v) is 9.93. The lowest BCUT2D eigenvalue weighted by molar-refractivity contribution is -0.129. The Hall–Kier alpha value is -2.80. The molecule has 34 heavy (non-hydrogen) atoms. The molecule has 1 aliphatic rings. The number of anilines is 1. The maximum atomic E-state index is 13.1. The van der Waals surface area contributed by atoms with E-state index in [1.165, 1.54) is 11.8 Å². The number of aryl methyl sites for hydroxylation is 1. The lowest BCUT2D eigenvalue weighted by Crippen LogP contribution is -2.46. The molecule has 0 bridgehead atoms. The molecule has 0 aliphatic carbocycles. The number of benzene rings is 3. The van der Waals surface area contributed by atoms with Gasteiger partial charge in [0.1, 0.15) is 5.25 Å². The molecule has 0 saturated carbocycles. The molecule has 1 unspecified atom stereocenters. The molecule has 1 aliphatic heterocycles. The van der Waals surface area contributed by atoms with Crippen molar-refractivity contribution in [1.82, 2.24) is 4.90 Å². The Morgan fingerprint density at radius 3 is 2.53 bits per heavy atom. The van der Waals surface area contributed by atoms with Gasteiger partial charge in [-0.05, 0) is 60.9 Å². The zero-order chi connectivity index (χ0) is 24.1. The molecule has 174 valence electrons. The first-order valence-corrected chi connectivity index (χ1v) is 12.4. The third kappa shape index (κ3) is 6.20. The van der Waals surface area contributed by atoms with Crippen molar-refractivity contribution >= 4 is 63.3 Å². The molecule has 1 N–H and O–H groups in total. The second kappa shape index (κ2) is 11.1. The predicted octanol–water partition coefficient (Wildman–Crippen LogP) is 6.50. The minimum atomic E-state index is -0.596. The van der Waals surface area contributed by atoms with E-state index in [-0.39, 0.29) is 18.2 Å². The average molecular weight is 512 g/mol. The summed E-state index contributed by atoms with van der Waals surface area (Å²) >= 11 is 13.5. The van der Waals surface area contributed by atoms with Crippen molar-refractivity contribution in [2.45, 2.75) is 25.0 Å². The van der Waals surface area contributed by atoms with E-state index in [1.807, 2.05) is 67.6 Å². The summed E-state index contributed by atoms with van der Waals surface area (Å²) in [7, 11) is 0. The molecule has 1 atom stereocenters. The number of nitrogens with zero attached hydrogens (tertiary/aromatic N) is 2. The van der Waals surface area contributed by atoms with Crippen molar-refractivity contribution in [1.29, 1.82) is 0 Å². The van der Waals surface area contributed by atoms with Gasteiger partial charge >= 0.3 is 0 Å². The summed E-state index contributed by atoms with van der Waals surface area (Å²) in [5.41, 5.74) is 3.31. The zero-order valence-electron chi connectivity index (χ0n) is 18.5. The van der Waals surface area contributed by atoms with Crippen LogP contribution in [-0.4, -0.2) is 33.7 Å². The number of rotatable bonds is 6. The van der Waals surface area contributed by atoms with E-state index in [4.69, 9.17) is 28.2 Å². The van der Waals surface area contributed by atoms with Gasteiger partial charge in [-0.2, -0.15) is 0 Å². The van der Waals surface area contributed by atoms with Gasteiger partial charge in [0.05, 0.1) is 5.69 Å². The number of thioether (sulfide) groups is 1. The van der Waals surface area contributed by atoms with Crippen molar-refractivity contribution in [3.05, 3.63) is 94.0 Å². The van der Waals surface area contributed by atoms with Gasteiger partial charge in [0, 0.05) is 28.7 Å². The number of carbonyl (C=O) groups excluding carboxylic acids is 2. The van der Waals surface area contributed by atoms with Crippen LogP contribution in [0.2, 0.25) is 10.0 Å². The Labute approximate surface area is 213 Å². The molecule has 0 radical (unpaired) electrons. The Bertz CT molecular complexity index is 1220. The van der Waals surface area contributed by atoms with Gasteiger partial charge in [0.25, 0.3) is 0 Å². The first-order valence-electron chi connectivity index (χ1n) is 10.8. The highest BCUT2D eigenvalue weighted by Crippen LogP contribution is 2.30. The maximum absolute atomic E-state index is 13.1. The van der Waals surface area contributed by atoms with Gasteiger partial charge in [0.2, 0.25) is 11.8 Å². The molecule has 4 rings (SSSR count). The molecule has 1 fully saturated rings. The number of para-hydroxylation sites is 1. The molecule has 1 saturated heterocycles. The van der Waals surface area contributed by atoms with E-state index in [2.05, 4.69) is 5.32 Å². The fourth-order valence-electron chi connectivity index (χ4n) is 3.46. The van der Waals surface area contributed by atoms with Crippen LogP contribution in [0.15, 0.2) is 77.8 Å². The third-order valence-corrected chi connectivity index (χ3v) is 7.24. The van der Waals surface area contributed by atoms with Crippen molar-refractivity contribution in [2.24, 2.45) is 4.99 Å². The van der Waals surface area contributed by atoms with E-state index in [0.717, 1.165) is 16.8 Å². The number of halogens is 2. The van der Waals surface area contributed by atoms with Crippen LogP contribution in [-0.2, 0) is 16.0 Å². The summed E-state index contributed by atoms with van der Waals surface area (Å²) in [6.45, 7) is 2.36. The highest BCUT2D eigenvalue weighted by Gasteiger charge is 2.35. The smallest absolute Gasteiger partial charge is 0.238 e. The molecular weight excluding hydrogens is 489 g/mol. The monoisotopic (exact) mass is 511 g/mol. The minimum Gasteiger partial charge on any atom is -0.325 e. The van der Waals surface area contributed by atoms with E-state index >= 15 is 0 Å². The van der Waals surface area contributed by atoms with Crippen LogP contribution in [0, 0.1) is 6.92 Å². The number of carbonyl (C=O) groups is 2. The summed E-state index contributed by atoms with van der Waals surface area (Å²) in [6, 6.07) is 22.3. The lowest BCUT2D eigenvalue weighted by atomic mass is 10.1. The van der Waals surface area contributed by atoms with Crippen LogP contribution < -0.4 is 5.32 Å². The molecule has 8 heteroatoms. The van der Waals surface area contributed by atoms with E-state index < -0.39 is 5.25 Å². The molecule has 0 aromatic heterocycles. The fourth-order valence-corrected chi connectivity index (χ4v) is 4.89. The van der Waals surface area contributed by atoms with Crippen LogP contribution >= 0.6 is 35.0 Å². The Morgan fingerprint density at radius 1 is 1.09 bits per heavy atom. The SMILES string of the molecule is Cc1ccc(NC(=O)C2CC(=O)N(CCc3ccc(Cl)cc3)C(=Nc3ccccc3)S2)cc1Cl. The fraction of sp³-hybridized carbons (Fsp3) is 0.192. The van der Waals surface area contributed by atoms with Gasteiger partial charge in [-0.1, -0.05) is 71.4 Å². The molecule has 3 aromatic carbocycles. The number of amidine groups is 1. The summed E-state index contributed by atoms with van der Waals surface area (Å²) in [6.07, 6.45) is 0.737. The van der Waals surface area contributed by atoms with Gasteiger partial charge in [0.15, 0.2) is 5.17 Å². The first-order chi connectivity index (χ1) is 16.4. The van der Waals surface area contributed by atoms with E-state index in [0.29, 0.717) is 33.9 Å². The number of hydrogen-bond donors (Lipinski definition) is 1. The highest BCUT2D eigenvalue weighted by molar-refractivity contribution is 8.15. The molecule has 0 spiro atoms. The summed E-state index contributed by atoms with van der Waals surface area (Å²) in [5.74, 6) is -0.388. The molecule has 2 amide bonds. The third-order valence-electron chi connectivity index (χ3n) is 5.39. The van der Waals surface area contributed by atoms with Crippen molar-refractivity contribution < 1.29 is 9.59 Å². The normalized spacial score (nSPS) is 17.1. The standard InChI is InChI=1S/C26H23Cl2N3O2S/c1-17-7-12-21(15-22(17)28)29-25(33)23-16-24(32)31(14-13-18-8-10-19(27)11-9-18)26(34-23)30-20-5-3-2-4-6-20/h2-12,15,23H,13-14,16H2,1H3,(H,29,33). The average Bonchev–Trinajstić information content (AvgIpc) is 2.82. The van der Waals surface area contributed by atoms with Crippen molar-refractivity contribution in [2.75, 3.05) is 11.9 Å². The van der Waals surface area contributed by atoms with Gasteiger partial charge < -0.3 is 5.32 Å². The molecule has 5 nitrogen and oxygen atoms in total. The van der Waals surface area contributed by atoms with E-state index in [9.17, 15) is 9.59 Å². The highest BCUT2D eigenvalue weighted by atomic mass is 35.5. The summed E-state index contributed by atoms with van der Waals surface area (Å²) < 4.78 is 0. The Kier molecular flexibility index (Phi) is 7.93. The van der Waals surface area contributed by atoms with Crippen molar-refractivity contribution in [3.8, 4) is 0 Å². The predicted molar refractivity (Wildman–Crippen MR) is 141 cm³/mol. The second-order valence-electron chi connectivity index (χ2n) is 7.92. The molecule has 1 heterocycles. The van der Waals surface area contributed by atoms with Crippen LogP contribution in [0.25, 0.3) is 0 Å². The van der Waals surface area contributed by atoms with Crippen LogP contribution in [0.4, 0.5) is 11.4 Å². The van der Waals surface area contributed by atoms with Crippen LogP contribution in [0.3, 0.4) is 0 Å². The first kappa shape index (κ1) is 24.3. The Morgan fingerprint density at radius 2 is 1.82 bits per heavy atom. The number of hydrogen-bond acceptors (Lipinski definition) is 4. The number of nitrogens with one attached hydrogen (secondary N) is 1. The lowest BCUT2D eigenvalue weighted by Gasteiger charge is -2.32. The number of amides is 2. The largest absolute Gasteiger partial charge is 0.325 e. The van der Waals surface area contributed by atoms with Gasteiger partial charge in [-0.25, -0.2) is 4.99 Å². The van der Waals surface area contributed by atoms with E-state index in [1.54, 1.807) is 17.0 Å². The van der Waals surface area contributed by atoms with Crippen LogP contribution in [0.1, 0.15) is 17.5 Å². The van der Waals surface area contributed by atoms with Crippen LogP contribution in [0.5, 0.6) is 0 Å². The molecular formula is C26H23Cl2N3O2S.